The summed E-state index contributed by atoms with van der Waals surface area (Å²) in [5.74, 6) is -0.272. The molecule has 1 amide bonds. The Morgan fingerprint density at radius 1 is 1.55 bits per heavy atom. The van der Waals surface area contributed by atoms with E-state index in [4.69, 9.17) is 10.5 Å². The van der Waals surface area contributed by atoms with Crippen LogP contribution in [0.4, 0.5) is 0 Å². The van der Waals surface area contributed by atoms with Crippen LogP contribution >= 0.6 is 0 Å². The molecule has 5 heteroatoms. The van der Waals surface area contributed by atoms with E-state index in [9.17, 15) is 4.79 Å². The maximum atomic E-state index is 11.7. The van der Waals surface area contributed by atoms with E-state index in [0.717, 1.165) is 39.0 Å². The molecular formula is C15H31N3O2. The topological polar surface area (TPSA) is 67.6 Å². The van der Waals surface area contributed by atoms with E-state index < -0.39 is 5.54 Å². The number of nitrogens with two attached hydrogens (primary N) is 1. The van der Waals surface area contributed by atoms with E-state index in [1.807, 2.05) is 6.92 Å². The molecule has 0 aromatic carbocycles. The van der Waals surface area contributed by atoms with Crippen LogP contribution in [0.3, 0.4) is 0 Å². The summed E-state index contributed by atoms with van der Waals surface area (Å²) in [6.07, 6.45) is 1.94. The van der Waals surface area contributed by atoms with Crippen molar-refractivity contribution in [3.63, 3.8) is 0 Å². The molecule has 1 fully saturated rings. The summed E-state index contributed by atoms with van der Waals surface area (Å²) in [5.41, 5.74) is 4.81. The minimum absolute atomic E-state index is 0.127. The predicted molar refractivity (Wildman–Crippen MR) is 81.6 cm³/mol. The molecule has 0 radical (unpaired) electrons. The molecule has 1 aliphatic rings. The fraction of sp³-hybridized carbons (Fsp3) is 0.933. The molecule has 0 aliphatic carbocycles. The summed E-state index contributed by atoms with van der Waals surface area (Å²) in [4.78, 5) is 14.1. The van der Waals surface area contributed by atoms with Gasteiger partial charge in [-0.3, -0.25) is 9.69 Å². The van der Waals surface area contributed by atoms with Crippen LogP contribution in [-0.4, -0.2) is 54.2 Å². The lowest BCUT2D eigenvalue weighted by atomic mass is 9.95. The molecule has 0 bridgehead atoms. The third-order valence-corrected chi connectivity index (χ3v) is 3.88. The highest BCUT2D eigenvalue weighted by atomic mass is 16.5. The standard InChI is InChI=1S/C15H31N3O2/c1-6-8-17-15(5,13(16)19)7-9-18-10-12(2)20-14(3,4)11-18/h12,17H,6-11H2,1-5H3,(H2,16,19). The average Bonchev–Trinajstić information content (AvgIpc) is 2.31. The maximum absolute atomic E-state index is 11.7. The molecule has 2 unspecified atom stereocenters. The molecule has 1 rings (SSSR count). The predicted octanol–water partition coefficient (Wildman–Crippen LogP) is 1.12. The lowest BCUT2D eigenvalue weighted by Gasteiger charge is -2.42. The van der Waals surface area contributed by atoms with Crippen LogP contribution < -0.4 is 11.1 Å². The van der Waals surface area contributed by atoms with Gasteiger partial charge in [0.1, 0.15) is 0 Å². The number of hydrogen-bond acceptors (Lipinski definition) is 4. The van der Waals surface area contributed by atoms with Gasteiger partial charge in [-0.15, -0.1) is 0 Å². The smallest absolute Gasteiger partial charge is 0.237 e. The summed E-state index contributed by atoms with van der Waals surface area (Å²) in [5, 5.41) is 3.28. The van der Waals surface area contributed by atoms with Gasteiger partial charge in [0.05, 0.1) is 17.2 Å². The van der Waals surface area contributed by atoms with Crippen LogP contribution in [0.2, 0.25) is 0 Å². The largest absolute Gasteiger partial charge is 0.370 e. The highest BCUT2D eigenvalue weighted by Gasteiger charge is 2.34. The number of morpholine rings is 1. The third-order valence-electron chi connectivity index (χ3n) is 3.88. The number of rotatable bonds is 7. The molecule has 1 saturated heterocycles. The molecule has 118 valence electrons. The molecule has 5 nitrogen and oxygen atoms in total. The van der Waals surface area contributed by atoms with E-state index in [-0.39, 0.29) is 17.6 Å². The lowest BCUT2D eigenvalue weighted by Crippen LogP contribution is -2.57. The molecule has 0 spiro atoms. The zero-order chi connectivity index (χ0) is 15.4. The third kappa shape index (κ3) is 5.04. The van der Waals surface area contributed by atoms with Gasteiger partial charge < -0.3 is 15.8 Å². The van der Waals surface area contributed by atoms with E-state index in [0.29, 0.717) is 0 Å². The van der Waals surface area contributed by atoms with Crippen molar-refractivity contribution < 1.29 is 9.53 Å². The summed E-state index contributed by atoms with van der Waals surface area (Å²) in [6, 6.07) is 0. The van der Waals surface area contributed by atoms with Crippen molar-refractivity contribution in [2.24, 2.45) is 5.73 Å². The van der Waals surface area contributed by atoms with E-state index in [2.05, 4.69) is 37.9 Å². The Balaban J connectivity index is 2.56. The number of primary amides is 1. The van der Waals surface area contributed by atoms with Crippen LogP contribution in [0.25, 0.3) is 0 Å². The van der Waals surface area contributed by atoms with Gasteiger partial charge in [-0.1, -0.05) is 6.92 Å². The Labute approximate surface area is 123 Å². The van der Waals surface area contributed by atoms with Crippen molar-refractivity contribution in [3.05, 3.63) is 0 Å². The van der Waals surface area contributed by atoms with E-state index >= 15 is 0 Å². The Morgan fingerprint density at radius 2 is 2.20 bits per heavy atom. The second-order valence-electron chi connectivity index (χ2n) is 6.80. The normalized spacial score (nSPS) is 26.1. The van der Waals surface area contributed by atoms with Gasteiger partial charge in [-0.2, -0.15) is 0 Å². The molecule has 0 aromatic heterocycles. The summed E-state index contributed by atoms with van der Waals surface area (Å²) in [6.45, 7) is 13.8. The highest BCUT2D eigenvalue weighted by molar-refractivity contribution is 5.84. The number of hydrogen-bond donors (Lipinski definition) is 2. The first kappa shape index (κ1) is 17.4. The van der Waals surface area contributed by atoms with Crippen molar-refractivity contribution in [2.75, 3.05) is 26.2 Å². The van der Waals surface area contributed by atoms with Gasteiger partial charge in [0, 0.05) is 19.6 Å². The average molecular weight is 285 g/mol. The van der Waals surface area contributed by atoms with Gasteiger partial charge in [0.25, 0.3) is 0 Å². The minimum atomic E-state index is -0.623. The van der Waals surface area contributed by atoms with Gasteiger partial charge in [-0.05, 0) is 47.1 Å². The van der Waals surface area contributed by atoms with Crippen molar-refractivity contribution >= 4 is 5.91 Å². The zero-order valence-corrected chi connectivity index (χ0v) is 13.7. The number of ether oxygens (including phenoxy) is 1. The SMILES string of the molecule is CCCNC(C)(CCN1CC(C)OC(C)(C)C1)C(N)=O. The first-order chi connectivity index (χ1) is 9.18. The lowest BCUT2D eigenvalue weighted by molar-refractivity contribution is -0.132. The molecule has 1 aliphatic heterocycles. The molecule has 20 heavy (non-hydrogen) atoms. The number of carbonyl (C=O) groups excluding carboxylic acids is 1. The van der Waals surface area contributed by atoms with Crippen LogP contribution in [0.15, 0.2) is 0 Å². The number of nitrogens with zero attached hydrogens (tertiary/aromatic N) is 1. The summed E-state index contributed by atoms with van der Waals surface area (Å²) < 4.78 is 5.90. The molecule has 0 saturated carbocycles. The van der Waals surface area contributed by atoms with Gasteiger partial charge >= 0.3 is 0 Å². The molecular weight excluding hydrogens is 254 g/mol. The van der Waals surface area contributed by atoms with E-state index in [1.165, 1.54) is 0 Å². The highest BCUT2D eigenvalue weighted by Crippen LogP contribution is 2.22. The van der Waals surface area contributed by atoms with Gasteiger partial charge in [-0.25, -0.2) is 0 Å². The second kappa shape index (κ2) is 6.87. The van der Waals surface area contributed by atoms with Crippen molar-refractivity contribution in [2.45, 2.75) is 64.7 Å². The Kier molecular flexibility index (Phi) is 5.98. The first-order valence-corrected chi connectivity index (χ1v) is 7.63. The van der Waals surface area contributed by atoms with Gasteiger partial charge in [0.2, 0.25) is 5.91 Å². The van der Waals surface area contributed by atoms with Gasteiger partial charge in [0.15, 0.2) is 0 Å². The van der Waals surface area contributed by atoms with Crippen LogP contribution in [0.1, 0.15) is 47.5 Å². The van der Waals surface area contributed by atoms with Crippen molar-refractivity contribution in [1.82, 2.24) is 10.2 Å². The first-order valence-electron chi connectivity index (χ1n) is 7.63. The van der Waals surface area contributed by atoms with Crippen molar-refractivity contribution in [3.8, 4) is 0 Å². The van der Waals surface area contributed by atoms with E-state index in [1.54, 1.807) is 0 Å². The van der Waals surface area contributed by atoms with Crippen LogP contribution in [0, 0.1) is 0 Å². The fourth-order valence-corrected chi connectivity index (χ4v) is 2.84. The number of amides is 1. The monoisotopic (exact) mass is 285 g/mol. The minimum Gasteiger partial charge on any atom is -0.370 e. The van der Waals surface area contributed by atoms with Crippen LogP contribution in [0.5, 0.6) is 0 Å². The Hall–Kier alpha value is -0.650. The Bertz CT molecular complexity index is 333. The summed E-state index contributed by atoms with van der Waals surface area (Å²) >= 11 is 0. The number of carbonyl (C=O) groups is 1. The molecule has 1 heterocycles. The summed E-state index contributed by atoms with van der Waals surface area (Å²) in [7, 11) is 0. The molecule has 0 aromatic rings. The second-order valence-corrected chi connectivity index (χ2v) is 6.80. The quantitative estimate of drug-likeness (QED) is 0.735. The fourth-order valence-electron chi connectivity index (χ4n) is 2.84. The van der Waals surface area contributed by atoms with Crippen LogP contribution in [-0.2, 0) is 9.53 Å². The molecule has 3 N–H and O–H groups in total. The molecule has 2 atom stereocenters. The Morgan fingerprint density at radius 3 is 2.70 bits per heavy atom. The maximum Gasteiger partial charge on any atom is 0.237 e. The zero-order valence-electron chi connectivity index (χ0n) is 13.7. The van der Waals surface area contributed by atoms with Crippen molar-refractivity contribution in [1.29, 1.82) is 0 Å². The number of nitrogens with one attached hydrogen (secondary N) is 1.